The van der Waals surface area contributed by atoms with Crippen LogP contribution in [0.3, 0.4) is 0 Å². The Bertz CT molecular complexity index is 612. The lowest BCUT2D eigenvalue weighted by Gasteiger charge is -2.17. The number of halogens is 1. The lowest BCUT2D eigenvalue weighted by Crippen LogP contribution is -2.26. The third-order valence-electron chi connectivity index (χ3n) is 2.76. The third-order valence-corrected chi connectivity index (χ3v) is 4.18. The highest BCUT2D eigenvalue weighted by Crippen LogP contribution is 2.24. The van der Waals surface area contributed by atoms with Gasteiger partial charge >= 0.3 is 0 Å². The van der Waals surface area contributed by atoms with E-state index in [0.29, 0.717) is 12.1 Å². The van der Waals surface area contributed by atoms with E-state index in [0.717, 1.165) is 15.0 Å². The van der Waals surface area contributed by atoms with Crippen LogP contribution in [-0.2, 0) is 6.54 Å². The molecule has 2 rings (SSSR count). The number of hydrogen-bond donors (Lipinski definition) is 1. The molecule has 0 aliphatic rings. The van der Waals surface area contributed by atoms with Crippen LogP contribution in [-0.4, -0.2) is 27.9 Å². The molecular formula is C13H13BrN2O2S. The molecule has 0 saturated heterocycles. The maximum absolute atomic E-state index is 12.2. The Morgan fingerprint density at radius 3 is 2.84 bits per heavy atom. The molecule has 19 heavy (non-hydrogen) atoms. The number of carbonyl (C=O) groups is 1. The van der Waals surface area contributed by atoms with Crippen LogP contribution in [0, 0.1) is 6.92 Å². The van der Waals surface area contributed by atoms with Crippen molar-refractivity contribution in [2.24, 2.45) is 0 Å². The summed E-state index contributed by atoms with van der Waals surface area (Å²) in [5.41, 5.74) is 3.00. The molecule has 1 aromatic heterocycles. The van der Waals surface area contributed by atoms with Gasteiger partial charge in [-0.2, -0.15) is 0 Å². The van der Waals surface area contributed by atoms with E-state index >= 15 is 0 Å². The SMILES string of the molecule is Cc1ncsc1CN(C)C(=O)c1ccc(Br)cc1O. The average molecular weight is 341 g/mol. The molecule has 0 atom stereocenters. The number of rotatable bonds is 3. The van der Waals surface area contributed by atoms with Crippen LogP contribution in [0.4, 0.5) is 0 Å². The molecule has 1 N–H and O–H groups in total. The van der Waals surface area contributed by atoms with Crippen molar-refractivity contribution in [1.29, 1.82) is 0 Å². The number of nitrogens with zero attached hydrogens (tertiary/aromatic N) is 2. The highest BCUT2D eigenvalue weighted by Gasteiger charge is 2.17. The van der Waals surface area contributed by atoms with Gasteiger partial charge in [-0.25, -0.2) is 4.98 Å². The second-order valence-electron chi connectivity index (χ2n) is 4.18. The Balaban J connectivity index is 2.17. The zero-order valence-electron chi connectivity index (χ0n) is 10.6. The van der Waals surface area contributed by atoms with Gasteiger partial charge in [0.25, 0.3) is 5.91 Å². The summed E-state index contributed by atoms with van der Waals surface area (Å²) in [5, 5.41) is 9.80. The number of aromatic nitrogens is 1. The number of thiazole rings is 1. The van der Waals surface area contributed by atoms with E-state index < -0.39 is 0 Å². The predicted octanol–water partition coefficient (Wildman–Crippen LogP) is 3.19. The number of carbonyl (C=O) groups excluding carboxylic acids is 1. The van der Waals surface area contributed by atoms with Crippen LogP contribution >= 0.6 is 27.3 Å². The van der Waals surface area contributed by atoms with Crippen molar-refractivity contribution in [2.45, 2.75) is 13.5 Å². The molecular weight excluding hydrogens is 328 g/mol. The molecule has 1 heterocycles. The maximum atomic E-state index is 12.2. The van der Waals surface area contributed by atoms with Gasteiger partial charge in [-0.3, -0.25) is 4.79 Å². The molecule has 0 bridgehead atoms. The van der Waals surface area contributed by atoms with Crippen molar-refractivity contribution >= 4 is 33.2 Å². The van der Waals surface area contributed by atoms with Crippen LogP contribution in [0.1, 0.15) is 20.9 Å². The van der Waals surface area contributed by atoms with Crippen molar-refractivity contribution < 1.29 is 9.90 Å². The lowest BCUT2D eigenvalue weighted by atomic mass is 10.2. The first-order chi connectivity index (χ1) is 8.99. The molecule has 4 nitrogen and oxygen atoms in total. The zero-order valence-corrected chi connectivity index (χ0v) is 13.0. The monoisotopic (exact) mass is 340 g/mol. The molecule has 0 aliphatic carbocycles. The number of benzene rings is 1. The fourth-order valence-corrected chi connectivity index (χ4v) is 2.83. The first-order valence-electron chi connectivity index (χ1n) is 5.62. The normalized spacial score (nSPS) is 10.5. The van der Waals surface area contributed by atoms with Crippen molar-refractivity contribution in [2.75, 3.05) is 7.05 Å². The second-order valence-corrected chi connectivity index (χ2v) is 6.04. The Morgan fingerprint density at radius 2 is 2.26 bits per heavy atom. The van der Waals surface area contributed by atoms with E-state index in [4.69, 9.17) is 0 Å². The van der Waals surface area contributed by atoms with Crippen LogP contribution in [0.15, 0.2) is 28.2 Å². The summed E-state index contributed by atoms with van der Waals surface area (Å²) >= 11 is 4.77. The summed E-state index contributed by atoms with van der Waals surface area (Å²) in [6.07, 6.45) is 0. The van der Waals surface area contributed by atoms with E-state index in [9.17, 15) is 9.90 Å². The zero-order chi connectivity index (χ0) is 14.0. The van der Waals surface area contributed by atoms with Gasteiger partial charge in [-0.15, -0.1) is 11.3 Å². The molecule has 0 aliphatic heterocycles. The summed E-state index contributed by atoms with van der Waals surface area (Å²) in [5.74, 6) is -0.231. The minimum absolute atomic E-state index is 0.0211. The Morgan fingerprint density at radius 1 is 1.53 bits per heavy atom. The molecule has 0 fully saturated rings. The van der Waals surface area contributed by atoms with Gasteiger partial charge in [-0.05, 0) is 25.1 Å². The predicted molar refractivity (Wildman–Crippen MR) is 78.5 cm³/mol. The highest BCUT2D eigenvalue weighted by molar-refractivity contribution is 9.10. The number of amides is 1. The van der Waals surface area contributed by atoms with Gasteiger partial charge in [-0.1, -0.05) is 15.9 Å². The molecule has 1 amide bonds. The van der Waals surface area contributed by atoms with Gasteiger partial charge in [0.2, 0.25) is 0 Å². The Labute approximate surface area is 123 Å². The standard InChI is InChI=1S/C13H13BrN2O2S/c1-8-12(19-7-15-8)6-16(2)13(18)10-4-3-9(14)5-11(10)17/h3-5,7,17H,6H2,1-2H3. The Kier molecular flexibility index (Phi) is 4.21. The first-order valence-corrected chi connectivity index (χ1v) is 7.29. The first kappa shape index (κ1) is 14.0. The fraction of sp³-hybridized carbons (Fsp3) is 0.231. The molecule has 0 radical (unpaired) electrons. The van der Waals surface area contributed by atoms with Crippen LogP contribution in [0.5, 0.6) is 5.75 Å². The number of aromatic hydroxyl groups is 1. The van der Waals surface area contributed by atoms with E-state index in [2.05, 4.69) is 20.9 Å². The molecule has 100 valence electrons. The summed E-state index contributed by atoms with van der Waals surface area (Å²) < 4.78 is 0.738. The molecule has 2 aromatic rings. The lowest BCUT2D eigenvalue weighted by molar-refractivity contribution is 0.0783. The molecule has 0 saturated carbocycles. The summed E-state index contributed by atoms with van der Waals surface area (Å²) in [7, 11) is 1.71. The molecule has 0 unspecified atom stereocenters. The van der Waals surface area contributed by atoms with Crippen molar-refractivity contribution in [3.8, 4) is 5.75 Å². The van der Waals surface area contributed by atoms with Gasteiger partial charge in [0.15, 0.2) is 0 Å². The van der Waals surface area contributed by atoms with E-state index in [1.54, 1.807) is 29.6 Å². The van der Waals surface area contributed by atoms with E-state index in [-0.39, 0.29) is 11.7 Å². The van der Waals surface area contributed by atoms with Gasteiger partial charge in [0.05, 0.1) is 23.3 Å². The number of hydrogen-bond acceptors (Lipinski definition) is 4. The largest absolute Gasteiger partial charge is 0.507 e. The molecule has 6 heteroatoms. The summed E-state index contributed by atoms with van der Waals surface area (Å²) in [4.78, 5) is 19.0. The second kappa shape index (κ2) is 5.71. The summed E-state index contributed by atoms with van der Waals surface area (Å²) in [6.45, 7) is 2.41. The number of aryl methyl sites for hydroxylation is 1. The highest BCUT2D eigenvalue weighted by atomic mass is 79.9. The van der Waals surface area contributed by atoms with Crippen molar-refractivity contribution in [3.05, 3.63) is 44.3 Å². The van der Waals surface area contributed by atoms with Crippen molar-refractivity contribution in [3.63, 3.8) is 0 Å². The van der Waals surface area contributed by atoms with Gasteiger partial charge < -0.3 is 10.0 Å². The Hall–Kier alpha value is -1.40. The van der Waals surface area contributed by atoms with E-state index in [1.165, 1.54) is 17.4 Å². The molecule has 0 spiro atoms. The topological polar surface area (TPSA) is 53.4 Å². The maximum Gasteiger partial charge on any atom is 0.257 e. The third kappa shape index (κ3) is 3.13. The number of phenolic OH excluding ortho intramolecular Hbond substituents is 1. The van der Waals surface area contributed by atoms with E-state index in [1.807, 2.05) is 6.92 Å². The fourth-order valence-electron chi connectivity index (χ4n) is 1.66. The quantitative estimate of drug-likeness (QED) is 0.933. The minimum atomic E-state index is -0.210. The van der Waals surface area contributed by atoms with Crippen molar-refractivity contribution in [1.82, 2.24) is 9.88 Å². The molecule has 1 aromatic carbocycles. The minimum Gasteiger partial charge on any atom is -0.507 e. The van der Waals surface area contributed by atoms with Gasteiger partial charge in [0, 0.05) is 16.4 Å². The number of phenols is 1. The van der Waals surface area contributed by atoms with Crippen LogP contribution in [0.25, 0.3) is 0 Å². The summed E-state index contributed by atoms with van der Waals surface area (Å²) in [6, 6.07) is 4.86. The smallest absolute Gasteiger partial charge is 0.257 e. The van der Waals surface area contributed by atoms with Gasteiger partial charge in [0.1, 0.15) is 5.75 Å². The average Bonchev–Trinajstić information content (AvgIpc) is 2.74. The van der Waals surface area contributed by atoms with Crippen LogP contribution < -0.4 is 0 Å². The van der Waals surface area contributed by atoms with Crippen LogP contribution in [0.2, 0.25) is 0 Å².